The molecule has 1 fully saturated rings. The van der Waals surface area contributed by atoms with Crippen molar-refractivity contribution >= 4 is 5.91 Å². The van der Waals surface area contributed by atoms with Gasteiger partial charge < -0.3 is 10.2 Å². The number of halogens is 1. The maximum atomic E-state index is 12.8. The summed E-state index contributed by atoms with van der Waals surface area (Å²) in [6.45, 7) is 5.73. The van der Waals surface area contributed by atoms with Crippen molar-refractivity contribution in [2.45, 2.75) is 38.8 Å². The minimum absolute atomic E-state index is 0.185. The van der Waals surface area contributed by atoms with Gasteiger partial charge in [0, 0.05) is 31.6 Å². The summed E-state index contributed by atoms with van der Waals surface area (Å²) in [5.41, 5.74) is 1.01. The van der Waals surface area contributed by atoms with Crippen LogP contribution >= 0.6 is 0 Å². The average molecular weight is 264 g/mol. The number of hydrogen-bond acceptors (Lipinski definition) is 2. The normalized spacial score (nSPS) is 23.4. The molecule has 2 unspecified atom stereocenters. The maximum Gasteiger partial charge on any atom is 0.223 e. The molecule has 1 aromatic rings. The molecule has 1 aliphatic heterocycles. The van der Waals surface area contributed by atoms with Gasteiger partial charge in [0.2, 0.25) is 5.91 Å². The van der Waals surface area contributed by atoms with Gasteiger partial charge in [-0.15, -0.1) is 0 Å². The molecule has 1 aromatic carbocycles. The quantitative estimate of drug-likeness (QED) is 0.905. The van der Waals surface area contributed by atoms with E-state index in [1.54, 1.807) is 12.1 Å². The van der Waals surface area contributed by atoms with Crippen molar-refractivity contribution in [1.82, 2.24) is 10.2 Å². The fourth-order valence-corrected chi connectivity index (χ4v) is 2.59. The van der Waals surface area contributed by atoms with E-state index in [4.69, 9.17) is 0 Å². The van der Waals surface area contributed by atoms with Gasteiger partial charge in [0.25, 0.3) is 0 Å². The zero-order valence-corrected chi connectivity index (χ0v) is 11.5. The Morgan fingerprint density at radius 2 is 1.84 bits per heavy atom. The second-order valence-corrected chi connectivity index (χ2v) is 5.39. The summed E-state index contributed by atoms with van der Waals surface area (Å²) in [5.74, 6) is -0.0515. The summed E-state index contributed by atoms with van der Waals surface area (Å²) in [5, 5.41) is 3.41. The van der Waals surface area contributed by atoms with Crippen LogP contribution in [0.4, 0.5) is 4.39 Å². The first-order valence-electron chi connectivity index (χ1n) is 6.83. The lowest BCUT2D eigenvalue weighted by atomic mass is 10.1. The van der Waals surface area contributed by atoms with E-state index in [1.165, 1.54) is 12.1 Å². The van der Waals surface area contributed by atoms with Gasteiger partial charge in [0.15, 0.2) is 0 Å². The van der Waals surface area contributed by atoms with Crippen LogP contribution in [0.2, 0.25) is 0 Å². The lowest BCUT2D eigenvalue weighted by Gasteiger charge is -2.36. The molecule has 2 atom stereocenters. The number of carbonyl (C=O) groups excluding carboxylic acids is 1. The standard InChI is InChI=1S/C15H21FN2O/c1-11-9-18(10-12(2)17-11)15(19)8-5-13-3-6-14(16)7-4-13/h3-4,6-7,11-12,17H,5,8-10H2,1-2H3. The van der Waals surface area contributed by atoms with Crippen LogP contribution < -0.4 is 5.32 Å². The van der Waals surface area contributed by atoms with Gasteiger partial charge in [-0.05, 0) is 38.0 Å². The Bertz CT molecular complexity index is 422. The number of nitrogens with one attached hydrogen (secondary N) is 1. The van der Waals surface area contributed by atoms with Gasteiger partial charge in [-0.3, -0.25) is 4.79 Å². The van der Waals surface area contributed by atoms with E-state index in [2.05, 4.69) is 19.2 Å². The molecule has 3 nitrogen and oxygen atoms in total. The minimum Gasteiger partial charge on any atom is -0.340 e. The molecule has 0 aromatic heterocycles. The van der Waals surface area contributed by atoms with Crippen molar-refractivity contribution in [1.29, 1.82) is 0 Å². The number of carbonyl (C=O) groups is 1. The number of hydrogen-bond donors (Lipinski definition) is 1. The Balaban J connectivity index is 1.85. The van der Waals surface area contributed by atoms with E-state index in [0.717, 1.165) is 18.7 Å². The van der Waals surface area contributed by atoms with Gasteiger partial charge in [0.05, 0.1) is 0 Å². The molecular weight excluding hydrogens is 243 g/mol. The van der Waals surface area contributed by atoms with Crippen LogP contribution in [0.3, 0.4) is 0 Å². The van der Waals surface area contributed by atoms with Crippen molar-refractivity contribution in [3.8, 4) is 0 Å². The van der Waals surface area contributed by atoms with E-state index in [9.17, 15) is 9.18 Å². The molecule has 0 spiro atoms. The predicted molar refractivity (Wildman–Crippen MR) is 73.4 cm³/mol. The molecule has 1 heterocycles. The monoisotopic (exact) mass is 264 g/mol. The molecule has 1 aliphatic rings. The summed E-state index contributed by atoms with van der Waals surface area (Å²) < 4.78 is 12.8. The number of aryl methyl sites for hydroxylation is 1. The largest absolute Gasteiger partial charge is 0.340 e. The van der Waals surface area contributed by atoms with Crippen LogP contribution in [0.1, 0.15) is 25.8 Å². The fourth-order valence-electron chi connectivity index (χ4n) is 2.59. The highest BCUT2D eigenvalue weighted by Gasteiger charge is 2.24. The smallest absolute Gasteiger partial charge is 0.223 e. The lowest BCUT2D eigenvalue weighted by molar-refractivity contribution is -0.132. The molecule has 0 saturated carbocycles. The second kappa shape index (κ2) is 6.15. The van der Waals surface area contributed by atoms with Gasteiger partial charge in [-0.1, -0.05) is 12.1 Å². The second-order valence-electron chi connectivity index (χ2n) is 5.39. The number of nitrogens with zero attached hydrogens (tertiary/aromatic N) is 1. The highest BCUT2D eigenvalue weighted by molar-refractivity contribution is 5.76. The molecule has 4 heteroatoms. The van der Waals surface area contributed by atoms with Crippen LogP contribution in [0.25, 0.3) is 0 Å². The van der Waals surface area contributed by atoms with Crippen molar-refractivity contribution in [2.24, 2.45) is 0 Å². The summed E-state index contributed by atoms with van der Waals surface area (Å²) in [6, 6.07) is 7.05. The van der Waals surface area contributed by atoms with E-state index >= 15 is 0 Å². The first-order chi connectivity index (χ1) is 9.04. The topological polar surface area (TPSA) is 32.3 Å². The molecule has 0 bridgehead atoms. The highest BCUT2D eigenvalue weighted by Crippen LogP contribution is 2.10. The maximum absolute atomic E-state index is 12.8. The van der Waals surface area contributed by atoms with E-state index in [-0.39, 0.29) is 11.7 Å². The van der Waals surface area contributed by atoms with Gasteiger partial charge in [-0.2, -0.15) is 0 Å². The SMILES string of the molecule is CC1CN(C(=O)CCc2ccc(F)cc2)CC(C)N1. The van der Waals surface area contributed by atoms with Crippen LogP contribution in [-0.2, 0) is 11.2 Å². The summed E-state index contributed by atoms with van der Waals surface area (Å²) in [4.78, 5) is 14.1. The summed E-state index contributed by atoms with van der Waals surface area (Å²) in [6.07, 6.45) is 1.16. The first-order valence-corrected chi connectivity index (χ1v) is 6.83. The number of benzene rings is 1. The molecular formula is C15H21FN2O. The first kappa shape index (κ1) is 14.0. The molecule has 1 amide bonds. The van der Waals surface area contributed by atoms with Gasteiger partial charge in [0.1, 0.15) is 5.82 Å². The zero-order chi connectivity index (χ0) is 13.8. The van der Waals surface area contributed by atoms with Crippen molar-refractivity contribution in [3.63, 3.8) is 0 Å². The summed E-state index contributed by atoms with van der Waals surface area (Å²) in [7, 11) is 0. The molecule has 1 saturated heterocycles. The Labute approximate surface area is 113 Å². The minimum atomic E-state index is -0.236. The fraction of sp³-hybridized carbons (Fsp3) is 0.533. The predicted octanol–water partition coefficient (Wildman–Crippen LogP) is 1.97. The number of rotatable bonds is 3. The highest BCUT2D eigenvalue weighted by atomic mass is 19.1. The Morgan fingerprint density at radius 3 is 2.42 bits per heavy atom. The molecule has 0 aliphatic carbocycles. The third-order valence-corrected chi connectivity index (χ3v) is 3.45. The zero-order valence-electron chi connectivity index (χ0n) is 11.5. The lowest BCUT2D eigenvalue weighted by Crippen LogP contribution is -2.55. The van der Waals surface area contributed by atoms with E-state index in [1.807, 2.05) is 4.90 Å². The Kier molecular flexibility index (Phi) is 4.53. The van der Waals surface area contributed by atoms with Crippen LogP contribution in [0.5, 0.6) is 0 Å². The van der Waals surface area contributed by atoms with Crippen molar-refractivity contribution < 1.29 is 9.18 Å². The van der Waals surface area contributed by atoms with Crippen molar-refractivity contribution in [2.75, 3.05) is 13.1 Å². The van der Waals surface area contributed by atoms with Crippen LogP contribution in [0.15, 0.2) is 24.3 Å². The van der Waals surface area contributed by atoms with Crippen LogP contribution in [0, 0.1) is 5.82 Å². The summed E-state index contributed by atoms with van der Waals surface area (Å²) >= 11 is 0. The molecule has 1 N–H and O–H groups in total. The third kappa shape index (κ3) is 4.03. The Morgan fingerprint density at radius 1 is 1.26 bits per heavy atom. The average Bonchev–Trinajstić information content (AvgIpc) is 2.36. The molecule has 2 rings (SSSR count). The molecule has 19 heavy (non-hydrogen) atoms. The van der Waals surface area contributed by atoms with E-state index < -0.39 is 0 Å². The van der Waals surface area contributed by atoms with Crippen LogP contribution in [-0.4, -0.2) is 36.0 Å². The molecule has 104 valence electrons. The number of amides is 1. The van der Waals surface area contributed by atoms with E-state index in [0.29, 0.717) is 24.9 Å². The molecule has 0 radical (unpaired) electrons. The number of piperazine rings is 1. The Hall–Kier alpha value is -1.42. The van der Waals surface area contributed by atoms with Crippen molar-refractivity contribution in [3.05, 3.63) is 35.6 Å². The van der Waals surface area contributed by atoms with Gasteiger partial charge in [-0.25, -0.2) is 4.39 Å². The van der Waals surface area contributed by atoms with Gasteiger partial charge >= 0.3 is 0 Å². The third-order valence-electron chi connectivity index (χ3n) is 3.45.